The first kappa shape index (κ1) is 22.1. The largest absolute Gasteiger partial charge is 0.374 e. The molecule has 2 saturated heterocycles. The molecular weight excluding hydrogens is 418 g/mol. The van der Waals surface area contributed by atoms with Crippen LogP contribution in [0, 0.1) is 5.92 Å². The van der Waals surface area contributed by atoms with Gasteiger partial charge < -0.3 is 20.0 Å². The van der Waals surface area contributed by atoms with Gasteiger partial charge in [0.15, 0.2) is 11.6 Å². The van der Waals surface area contributed by atoms with Crippen LogP contribution >= 0.6 is 0 Å². The molecule has 2 aliphatic heterocycles. The molecule has 4 rings (SSSR count). The Labute approximate surface area is 184 Å². The Hall–Kier alpha value is -2.11. The molecule has 0 aliphatic carbocycles. The van der Waals surface area contributed by atoms with Gasteiger partial charge >= 0.3 is 0 Å². The van der Waals surface area contributed by atoms with Gasteiger partial charge in [0.25, 0.3) is 0 Å². The zero-order chi connectivity index (χ0) is 22.1. The monoisotopic (exact) mass is 449 g/mol. The number of hydrogen-bond acceptors (Lipinski definition) is 10. The minimum atomic E-state index is -0.983. The lowest BCUT2D eigenvalue weighted by Crippen LogP contribution is -2.43. The van der Waals surface area contributed by atoms with Crippen molar-refractivity contribution in [3.8, 4) is 0 Å². The molecule has 2 aromatic rings. The van der Waals surface area contributed by atoms with Gasteiger partial charge in [-0.25, -0.2) is 15.0 Å². The van der Waals surface area contributed by atoms with Crippen LogP contribution in [0.2, 0.25) is 0 Å². The summed E-state index contributed by atoms with van der Waals surface area (Å²) in [5.41, 5.74) is 1.24. The van der Waals surface area contributed by atoms with E-state index in [1.807, 2.05) is 0 Å². The molecule has 2 unspecified atom stereocenters. The first-order chi connectivity index (χ1) is 14.8. The van der Waals surface area contributed by atoms with Crippen molar-refractivity contribution in [1.82, 2.24) is 19.9 Å². The third-order valence-corrected chi connectivity index (χ3v) is 7.30. The summed E-state index contributed by atoms with van der Waals surface area (Å²) in [7, 11) is -0.825. The molecule has 0 spiro atoms. The molecule has 10 nitrogen and oxygen atoms in total. The fraction of sp³-hybridized carbons (Fsp3) is 0.700. The van der Waals surface area contributed by atoms with Crippen molar-refractivity contribution >= 4 is 39.4 Å². The van der Waals surface area contributed by atoms with Crippen LogP contribution < -0.4 is 14.7 Å². The molecule has 2 aliphatic rings. The molecule has 0 saturated carbocycles. The maximum Gasteiger partial charge on any atom is 0.232 e. The van der Waals surface area contributed by atoms with E-state index in [-0.39, 0.29) is 5.95 Å². The van der Waals surface area contributed by atoms with E-state index in [9.17, 15) is 14.4 Å². The molecule has 11 heteroatoms. The van der Waals surface area contributed by atoms with E-state index in [0.717, 1.165) is 31.7 Å². The van der Waals surface area contributed by atoms with E-state index in [4.69, 9.17) is 9.97 Å². The van der Waals surface area contributed by atoms with Crippen LogP contribution in [0.15, 0.2) is 6.33 Å². The Morgan fingerprint density at radius 2 is 1.58 bits per heavy atom. The van der Waals surface area contributed by atoms with Gasteiger partial charge in [-0.1, -0.05) is 6.92 Å². The van der Waals surface area contributed by atoms with Gasteiger partial charge in [-0.2, -0.15) is 4.98 Å². The Kier molecular flexibility index (Phi) is 6.54. The number of piperidine rings is 1. The lowest BCUT2D eigenvalue weighted by atomic mass is 9.99. The van der Waals surface area contributed by atoms with E-state index in [1.165, 1.54) is 4.90 Å². The maximum atomic E-state index is 11.9. The van der Waals surface area contributed by atoms with Crippen LogP contribution in [0.4, 0.5) is 17.6 Å². The standard InChI is InChI=1S/C20H31N7O3S/c1-13-4-6-25(7-5-13)18-17-16(21-12-22-18)19(26-8-10-31(30)11-9-26)24-20(23-17)27(14(2)28)15(3)29/h12-15,28-29H,4-11H2,1-3H3. The predicted octanol–water partition coefficient (Wildman–Crippen LogP) is 0.708. The molecule has 0 aromatic carbocycles. The minimum absolute atomic E-state index is 0.223. The number of anilines is 3. The third-order valence-electron chi connectivity index (χ3n) is 6.03. The van der Waals surface area contributed by atoms with E-state index in [0.29, 0.717) is 47.4 Å². The predicted molar refractivity (Wildman–Crippen MR) is 122 cm³/mol. The average molecular weight is 450 g/mol. The van der Waals surface area contributed by atoms with Gasteiger partial charge in [-0.15, -0.1) is 0 Å². The summed E-state index contributed by atoms with van der Waals surface area (Å²) in [5.74, 6) is 3.41. The number of rotatable bonds is 5. The number of hydrogen-bond donors (Lipinski definition) is 2. The number of aliphatic hydroxyl groups excluding tert-OH is 2. The zero-order valence-corrected chi connectivity index (χ0v) is 19.1. The highest BCUT2D eigenvalue weighted by atomic mass is 32.2. The smallest absolute Gasteiger partial charge is 0.232 e. The van der Waals surface area contributed by atoms with Crippen molar-refractivity contribution in [2.24, 2.45) is 5.92 Å². The Balaban J connectivity index is 1.86. The van der Waals surface area contributed by atoms with Crippen LogP contribution in [0.5, 0.6) is 0 Å². The van der Waals surface area contributed by atoms with E-state index >= 15 is 0 Å². The molecule has 2 fully saturated rings. The van der Waals surface area contributed by atoms with Crippen LogP contribution in [0.25, 0.3) is 11.0 Å². The second kappa shape index (κ2) is 9.17. The molecule has 2 N–H and O–H groups in total. The highest BCUT2D eigenvalue weighted by molar-refractivity contribution is 7.85. The van der Waals surface area contributed by atoms with E-state index in [2.05, 4.69) is 26.7 Å². The number of nitrogens with zero attached hydrogens (tertiary/aromatic N) is 7. The van der Waals surface area contributed by atoms with Gasteiger partial charge in [-0.3, -0.25) is 9.11 Å². The van der Waals surface area contributed by atoms with Crippen molar-refractivity contribution in [3.63, 3.8) is 0 Å². The van der Waals surface area contributed by atoms with Gasteiger partial charge in [-0.05, 0) is 32.6 Å². The van der Waals surface area contributed by atoms with Crippen LogP contribution in [-0.2, 0) is 10.8 Å². The van der Waals surface area contributed by atoms with Crippen molar-refractivity contribution in [2.75, 3.05) is 52.4 Å². The molecular formula is C20H31N7O3S. The molecule has 0 radical (unpaired) electrons. The Morgan fingerprint density at radius 3 is 2.19 bits per heavy atom. The van der Waals surface area contributed by atoms with Gasteiger partial charge in [0, 0.05) is 48.5 Å². The van der Waals surface area contributed by atoms with Crippen LogP contribution in [-0.4, -0.2) is 84.5 Å². The van der Waals surface area contributed by atoms with E-state index < -0.39 is 23.3 Å². The summed E-state index contributed by atoms with van der Waals surface area (Å²) >= 11 is 0. The summed E-state index contributed by atoms with van der Waals surface area (Å²) < 4.78 is 11.9. The number of aromatic nitrogens is 4. The summed E-state index contributed by atoms with van der Waals surface area (Å²) in [6.07, 6.45) is 1.75. The zero-order valence-electron chi connectivity index (χ0n) is 18.3. The number of aliphatic hydroxyl groups is 2. The molecule has 31 heavy (non-hydrogen) atoms. The highest BCUT2D eigenvalue weighted by Gasteiger charge is 2.28. The number of fused-ring (bicyclic) bond motifs is 1. The second-order valence-corrected chi connectivity index (χ2v) is 10.1. The Bertz CT molecular complexity index is 932. The summed E-state index contributed by atoms with van der Waals surface area (Å²) in [5, 5.41) is 20.6. The molecule has 170 valence electrons. The van der Waals surface area contributed by atoms with Gasteiger partial charge in [0.1, 0.15) is 29.8 Å². The second-order valence-electron chi connectivity index (χ2n) is 8.42. The summed E-state index contributed by atoms with van der Waals surface area (Å²) in [6, 6.07) is 0. The fourth-order valence-corrected chi connectivity index (χ4v) is 5.24. The lowest BCUT2D eigenvalue weighted by molar-refractivity contribution is 0.103. The minimum Gasteiger partial charge on any atom is -0.374 e. The summed E-state index contributed by atoms with van der Waals surface area (Å²) in [4.78, 5) is 24.1. The molecule has 2 atom stereocenters. The third kappa shape index (κ3) is 4.58. The topological polar surface area (TPSA) is 119 Å². The molecule has 2 aromatic heterocycles. The van der Waals surface area contributed by atoms with Crippen molar-refractivity contribution in [2.45, 2.75) is 46.1 Å². The van der Waals surface area contributed by atoms with Crippen molar-refractivity contribution < 1.29 is 14.4 Å². The van der Waals surface area contributed by atoms with Gasteiger partial charge in [0.2, 0.25) is 5.95 Å². The van der Waals surface area contributed by atoms with E-state index in [1.54, 1.807) is 20.2 Å². The van der Waals surface area contributed by atoms with Crippen molar-refractivity contribution in [3.05, 3.63) is 6.33 Å². The highest BCUT2D eigenvalue weighted by Crippen LogP contribution is 2.32. The maximum absolute atomic E-state index is 11.9. The first-order valence-electron chi connectivity index (χ1n) is 10.9. The molecule has 0 amide bonds. The van der Waals surface area contributed by atoms with Crippen LogP contribution in [0.3, 0.4) is 0 Å². The fourth-order valence-electron chi connectivity index (χ4n) is 4.19. The summed E-state index contributed by atoms with van der Waals surface area (Å²) in [6.45, 7) is 8.38. The molecule has 4 heterocycles. The average Bonchev–Trinajstić information content (AvgIpc) is 2.73. The quantitative estimate of drug-likeness (QED) is 0.632. The van der Waals surface area contributed by atoms with Gasteiger partial charge in [0.05, 0.1) is 0 Å². The van der Waals surface area contributed by atoms with Crippen molar-refractivity contribution in [1.29, 1.82) is 0 Å². The normalized spacial score (nSPS) is 20.8. The first-order valence-corrected chi connectivity index (χ1v) is 12.4. The Morgan fingerprint density at radius 1 is 0.968 bits per heavy atom. The SMILES string of the molecule is CC1CCN(c2ncnc3c(N4CCS(=O)CC4)nc(N(C(C)O)C(C)O)nc23)CC1. The van der Waals surface area contributed by atoms with Crippen LogP contribution in [0.1, 0.15) is 33.6 Å². The lowest BCUT2D eigenvalue weighted by Gasteiger charge is -2.33. The molecule has 0 bridgehead atoms.